The highest BCUT2D eigenvalue weighted by atomic mass is 32.2. The van der Waals surface area contributed by atoms with E-state index in [2.05, 4.69) is 5.32 Å². The van der Waals surface area contributed by atoms with Gasteiger partial charge in [-0.2, -0.15) is 11.8 Å². The van der Waals surface area contributed by atoms with Crippen molar-refractivity contribution in [1.29, 1.82) is 0 Å². The van der Waals surface area contributed by atoms with E-state index in [0.29, 0.717) is 31.2 Å². The number of amides is 1. The number of nitrogen functional groups attached to an aromatic ring is 1. The molecule has 1 aliphatic heterocycles. The Morgan fingerprint density at radius 1 is 1.40 bits per heavy atom. The Bertz CT molecular complexity index is 434. The molecule has 1 aromatic rings. The van der Waals surface area contributed by atoms with Crippen LogP contribution >= 0.6 is 11.8 Å². The van der Waals surface area contributed by atoms with Gasteiger partial charge in [-0.3, -0.25) is 4.79 Å². The van der Waals surface area contributed by atoms with E-state index in [-0.39, 0.29) is 5.91 Å². The van der Waals surface area contributed by atoms with Crippen LogP contribution < -0.4 is 15.8 Å². The van der Waals surface area contributed by atoms with E-state index in [0.717, 1.165) is 18.6 Å². The number of ether oxygens (including phenoxy) is 1. The second-order valence-corrected chi connectivity index (χ2v) is 6.26. The van der Waals surface area contributed by atoms with Gasteiger partial charge in [0.05, 0.1) is 6.54 Å². The maximum Gasteiger partial charge on any atom is 0.220 e. The molecule has 1 aromatic carbocycles. The van der Waals surface area contributed by atoms with E-state index in [1.807, 2.05) is 30.0 Å². The molecule has 0 spiro atoms. The highest BCUT2D eigenvalue weighted by molar-refractivity contribution is 7.99. The molecule has 0 atom stereocenters. The predicted molar refractivity (Wildman–Crippen MR) is 84.0 cm³/mol. The van der Waals surface area contributed by atoms with Crippen molar-refractivity contribution in [2.24, 2.45) is 5.92 Å². The van der Waals surface area contributed by atoms with Crippen LogP contribution in [0.3, 0.4) is 0 Å². The smallest absolute Gasteiger partial charge is 0.220 e. The number of hydrogen-bond acceptors (Lipinski definition) is 4. The van der Waals surface area contributed by atoms with Crippen LogP contribution in [0, 0.1) is 5.92 Å². The van der Waals surface area contributed by atoms with Crippen LogP contribution in [0.1, 0.15) is 19.3 Å². The molecule has 1 amide bonds. The highest BCUT2D eigenvalue weighted by Crippen LogP contribution is 2.24. The Labute approximate surface area is 124 Å². The van der Waals surface area contributed by atoms with Crippen molar-refractivity contribution >= 4 is 23.4 Å². The molecule has 20 heavy (non-hydrogen) atoms. The van der Waals surface area contributed by atoms with Gasteiger partial charge >= 0.3 is 0 Å². The Kier molecular flexibility index (Phi) is 6.05. The number of anilines is 1. The number of nitrogens with one attached hydrogen (secondary N) is 1. The fraction of sp³-hybridized carbons (Fsp3) is 0.533. The van der Waals surface area contributed by atoms with E-state index >= 15 is 0 Å². The quantitative estimate of drug-likeness (QED) is 0.624. The first kappa shape index (κ1) is 15.0. The maximum atomic E-state index is 11.8. The molecule has 1 saturated heterocycles. The molecule has 0 aromatic heterocycles. The Morgan fingerprint density at radius 2 is 2.20 bits per heavy atom. The van der Waals surface area contributed by atoms with Gasteiger partial charge in [-0.25, -0.2) is 0 Å². The van der Waals surface area contributed by atoms with Crippen molar-refractivity contribution in [2.45, 2.75) is 19.3 Å². The van der Waals surface area contributed by atoms with Gasteiger partial charge in [0.25, 0.3) is 0 Å². The minimum atomic E-state index is 0.137. The number of thioether (sulfide) groups is 1. The first-order chi connectivity index (χ1) is 9.74. The average molecular weight is 294 g/mol. The standard InChI is InChI=1S/C15H22N2O2S/c16-13-2-1-3-14(11-13)19-7-6-17-15(18)10-12-4-8-20-9-5-12/h1-3,11-12H,4-10,16H2,(H,17,18). The van der Waals surface area contributed by atoms with E-state index < -0.39 is 0 Å². The first-order valence-electron chi connectivity index (χ1n) is 7.07. The van der Waals surface area contributed by atoms with Gasteiger partial charge in [0.15, 0.2) is 0 Å². The molecule has 0 bridgehead atoms. The predicted octanol–water partition coefficient (Wildman–Crippen LogP) is 2.30. The molecule has 0 saturated carbocycles. The van der Waals surface area contributed by atoms with Crippen molar-refractivity contribution < 1.29 is 9.53 Å². The van der Waals surface area contributed by atoms with Crippen molar-refractivity contribution in [3.8, 4) is 5.75 Å². The van der Waals surface area contributed by atoms with Crippen LogP contribution in [0.15, 0.2) is 24.3 Å². The molecule has 0 aliphatic carbocycles. The van der Waals surface area contributed by atoms with E-state index in [1.54, 1.807) is 6.07 Å². The maximum absolute atomic E-state index is 11.8. The molecule has 0 unspecified atom stereocenters. The molecule has 0 radical (unpaired) electrons. The lowest BCUT2D eigenvalue weighted by Crippen LogP contribution is -2.30. The third-order valence-electron chi connectivity index (χ3n) is 3.37. The number of benzene rings is 1. The molecule has 4 nitrogen and oxygen atoms in total. The van der Waals surface area contributed by atoms with Gasteiger partial charge in [0.1, 0.15) is 12.4 Å². The summed E-state index contributed by atoms with van der Waals surface area (Å²) < 4.78 is 5.53. The fourth-order valence-electron chi connectivity index (χ4n) is 2.25. The summed E-state index contributed by atoms with van der Waals surface area (Å²) in [5.41, 5.74) is 6.35. The molecule has 1 aliphatic rings. The number of carbonyl (C=O) groups is 1. The summed E-state index contributed by atoms with van der Waals surface area (Å²) in [6.07, 6.45) is 2.98. The Hall–Kier alpha value is -1.36. The van der Waals surface area contributed by atoms with E-state index in [1.165, 1.54) is 11.5 Å². The largest absolute Gasteiger partial charge is 0.492 e. The van der Waals surface area contributed by atoms with Crippen molar-refractivity contribution in [3.05, 3.63) is 24.3 Å². The van der Waals surface area contributed by atoms with Crippen LogP contribution in [-0.4, -0.2) is 30.6 Å². The number of carbonyl (C=O) groups excluding carboxylic acids is 1. The van der Waals surface area contributed by atoms with Crippen LogP contribution in [0.25, 0.3) is 0 Å². The Morgan fingerprint density at radius 3 is 2.95 bits per heavy atom. The lowest BCUT2D eigenvalue weighted by Gasteiger charge is -2.20. The minimum absolute atomic E-state index is 0.137. The zero-order valence-corrected chi connectivity index (χ0v) is 12.5. The van der Waals surface area contributed by atoms with Crippen LogP contribution in [-0.2, 0) is 4.79 Å². The van der Waals surface area contributed by atoms with Crippen LogP contribution in [0.5, 0.6) is 5.75 Å². The minimum Gasteiger partial charge on any atom is -0.492 e. The zero-order chi connectivity index (χ0) is 14.2. The van der Waals surface area contributed by atoms with E-state index in [4.69, 9.17) is 10.5 Å². The van der Waals surface area contributed by atoms with Gasteiger partial charge in [0.2, 0.25) is 5.91 Å². The van der Waals surface area contributed by atoms with Crippen LogP contribution in [0.4, 0.5) is 5.69 Å². The highest BCUT2D eigenvalue weighted by Gasteiger charge is 2.16. The lowest BCUT2D eigenvalue weighted by molar-refractivity contribution is -0.122. The SMILES string of the molecule is Nc1cccc(OCCNC(=O)CC2CCSCC2)c1. The Balaban J connectivity index is 1.59. The summed E-state index contributed by atoms with van der Waals surface area (Å²) in [6.45, 7) is 1.00. The lowest BCUT2D eigenvalue weighted by atomic mass is 9.98. The van der Waals surface area contributed by atoms with Gasteiger partial charge in [0, 0.05) is 18.2 Å². The third kappa shape index (κ3) is 5.33. The molecular weight excluding hydrogens is 272 g/mol. The molecule has 1 heterocycles. The fourth-order valence-corrected chi connectivity index (χ4v) is 3.45. The third-order valence-corrected chi connectivity index (χ3v) is 4.41. The summed E-state index contributed by atoms with van der Waals surface area (Å²) >= 11 is 1.98. The summed E-state index contributed by atoms with van der Waals surface area (Å²) in [6, 6.07) is 7.31. The molecule has 2 rings (SSSR count). The first-order valence-corrected chi connectivity index (χ1v) is 8.22. The molecule has 1 fully saturated rings. The summed E-state index contributed by atoms with van der Waals surface area (Å²) in [5, 5.41) is 2.91. The molecular formula is C15H22N2O2S. The number of nitrogens with two attached hydrogens (primary N) is 1. The number of hydrogen-bond donors (Lipinski definition) is 2. The zero-order valence-electron chi connectivity index (χ0n) is 11.6. The summed E-state index contributed by atoms with van der Waals surface area (Å²) in [4.78, 5) is 11.8. The van der Waals surface area contributed by atoms with Crippen LogP contribution in [0.2, 0.25) is 0 Å². The monoisotopic (exact) mass is 294 g/mol. The normalized spacial score (nSPS) is 15.8. The van der Waals surface area contributed by atoms with E-state index in [9.17, 15) is 4.79 Å². The van der Waals surface area contributed by atoms with Gasteiger partial charge in [-0.05, 0) is 42.4 Å². The van der Waals surface area contributed by atoms with Gasteiger partial charge in [-0.15, -0.1) is 0 Å². The van der Waals surface area contributed by atoms with Crippen molar-refractivity contribution in [1.82, 2.24) is 5.32 Å². The van der Waals surface area contributed by atoms with Crippen molar-refractivity contribution in [2.75, 3.05) is 30.4 Å². The topological polar surface area (TPSA) is 64.3 Å². The number of rotatable bonds is 6. The molecule has 110 valence electrons. The summed E-state index contributed by atoms with van der Waals surface area (Å²) in [7, 11) is 0. The summed E-state index contributed by atoms with van der Waals surface area (Å²) in [5.74, 6) is 3.82. The van der Waals surface area contributed by atoms with Crippen molar-refractivity contribution in [3.63, 3.8) is 0 Å². The second kappa shape index (κ2) is 8.04. The van der Waals surface area contributed by atoms with Gasteiger partial charge < -0.3 is 15.8 Å². The molecule has 5 heteroatoms. The average Bonchev–Trinajstić information content (AvgIpc) is 2.45. The van der Waals surface area contributed by atoms with Gasteiger partial charge in [-0.1, -0.05) is 6.07 Å². The second-order valence-electron chi connectivity index (χ2n) is 5.03. The molecule has 3 N–H and O–H groups in total.